The summed E-state index contributed by atoms with van der Waals surface area (Å²) in [6.45, 7) is 20.2. The van der Waals surface area contributed by atoms with E-state index in [1.807, 2.05) is 61.5 Å². The predicted molar refractivity (Wildman–Crippen MR) is 194 cm³/mol. The van der Waals surface area contributed by atoms with Gasteiger partial charge in [0.15, 0.2) is 0 Å². The molecule has 7 heteroatoms. The van der Waals surface area contributed by atoms with Crippen LogP contribution in [-0.4, -0.2) is 27.6 Å². The SMILES string of the molecule is CC(C)c1cc(-c2[c-]cccc2)ncc1[Si](C)(C)C.Cc1ccc2c(n1)oc1c(-c3nc4ccccc4n3C(C)(C)C)[c-]ccc12.[Ir]. The third kappa shape index (κ3) is 6.89. The van der Waals surface area contributed by atoms with Gasteiger partial charge in [-0.15, -0.1) is 54.1 Å². The molecule has 0 saturated carbocycles. The van der Waals surface area contributed by atoms with E-state index in [4.69, 9.17) is 9.40 Å². The van der Waals surface area contributed by atoms with Gasteiger partial charge >= 0.3 is 0 Å². The maximum Gasteiger partial charge on any atom is 0.216 e. The van der Waals surface area contributed by atoms with Gasteiger partial charge in [0.1, 0.15) is 0 Å². The Balaban J connectivity index is 0.000000192. The Morgan fingerprint density at radius 1 is 0.851 bits per heavy atom. The van der Waals surface area contributed by atoms with E-state index in [2.05, 4.69) is 111 Å². The van der Waals surface area contributed by atoms with Crippen LogP contribution in [0.3, 0.4) is 0 Å². The molecule has 0 unspecified atom stereocenters. The zero-order chi connectivity index (χ0) is 32.8. The van der Waals surface area contributed by atoms with Crippen LogP contribution in [0.4, 0.5) is 0 Å². The molecule has 3 aromatic carbocycles. The first kappa shape index (κ1) is 34.4. The molecule has 0 bridgehead atoms. The molecule has 1 radical (unpaired) electrons. The number of pyridine rings is 2. The predicted octanol–water partition coefficient (Wildman–Crippen LogP) is 10.1. The second-order valence-electron chi connectivity index (χ2n) is 14.3. The van der Waals surface area contributed by atoms with Gasteiger partial charge in [-0.05, 0) is 68.8 Å². The van der Waals surface area contributed by atoms with Gasteiger partial charge in [-0.3, -0.25) is 4.98 Å². The molecule has 4 aromatic heterocycles. The fourth-order valence-electron chi connectivity index (χ4n) is 6.03. The maximum atomic E-state index is 6.19. The van der Waals surface area contributed by atoms with Gasteiger partial charge < -0.3 is 14.0 Å². The average Bonchev–Trinajstić information content (AvgIpc) is 3.59. The summed E-state index contributed by atoms with van der Waals surface area (Å²) in [6.07, 6.45) is 2.09. The molecule has 7 aromatic rings. The third-order valence-corrected chi connectivity index (χ3v) is 10.3. The van der Waals surface area contributed by atoms with E-state index in [1.165, 1.54) is 10.8 Å². The molecule has 0 aliphatic rings. The first-order valence-corrected chi connectivity index (χ1v) is 19.5. The number of benzene rings is 3. The summed E-state index contributed by atoms with van der Waals surface area (Å²) < 4.78 is 8.45. The zero-order valence-electron chi connectivity index (χ0n) is 28.7. The average molecular weight is 815 g/mol. The van der Waals surface area contributed by atoms with Gasteiger partial charge in [0.25, 0.3) is 0 Å². The Hall–Kier alpha value is -3.90. The van der Waals surface area contributed by atoms with E-state index in [1.54, 1.807) is 0 Å². The quantitative estimate of drug-likeness (QED) is 0.131. The van der Waals surface area contributed by atoms with Gasteiger partial charge in [0.05, 0.1) is 30.5 Å². The minimum absolute atomic E-state index is 0. The molecule has 0 atom stereocenters. The van der Waals surface area contributed by atoms with Gasteiger partial charge in [0, 0.05) is 42.9 Å². The Morgan fingerprint density at radius 3 is 2.28 bits per heavy atom. The number of rotatable bonds is 4. The molecule has 5 nitrogen and oxygen atoms in total. The molecule has 47 heavy (non-hydrogen) atoms. The van der Waals surface area contributed by atoms with Crippen molar-refractivity contribution < 1.29 is 24.5 Å². The fourth-order valence-corrected chi connectivity index (χ4v) is 7.71. The monoisotopic (exact) mass is 815 g/mol. The van der Waals surface area contributed by atoms with Gasteiger partial charge in [-0.1, -0.05) is 68.2 Å². The molecular weight excluding hydrogens is 773 g/mol. The van der Waals surface area contributed by atoms with Crippen molar-refractivity contribution in [2.45, 2.75) is 72.6 Å². The summed E-state index contributed by atoms with van der Waals surface area (Å²) >= 11 is 0. The molecule has 243 valence electrons. The summed E-state index contributed by atoms with van der Waals surface area (Å²) in [5.74, 6) is 1.40. The number of hydrogen-bond donors (Lipinski definition) is 0. The van der Waals surface area contributed by atoms with E-state index in [0.717, 1.165) is 55.7 Å². The van der Waals surface area contributed by atoms with Crippen LogP contribution in [0.15, 0.2) is 89.5 Å². The Labute approximate surface area is 292 Å². The molecule has 0 aliphatic carbocycles. The molecule has 0 saturated heterocycles. The molecule has 0 amide bonds. The van der Waals surface area contributed by atoms with E-state index < -0.39 is 8.07 Å². The van der Waals surface area contributed by atoms with Gasteiger partial charge in [-0.2, -0.15) is 0 Å². The number of aromatic nitrogens is 4. The molecule has 0 spiro atoms. The van der Waals surface area contributed by atoms with Crippen LogP contribution >= 0.6 is 0 Å². The summed E-state index contributed by atoms with van der Waals surface area (Å²) in [6, 6.07) is 33.2. The van der Waals surface area contributed by atoms with Crippen LogP contribution in [0.2, 0.25) is 19.6 Å². The standard InChI is InChI=1S/C23H20N3O.C17H22NSi.Ir/c1-14-12-13-16-15-8-7-9-17(20(15)27-22(16)24-14)21-25-18-10-5-6-11-19(18)26(21)23(2,3)4;1-13(2)15-11-16(14-9-7-6-8-10-14)18-12-17(15)19(3,4)5;/h5-8,10-13H,1-4H3;6-9,11-13H,1-5H3;/q2*-1;. The topological polar surface area (TPSA) is 56.7 Å². The summed E-state index contributed by atoms with van der Waals surface area (Å²) in [5.41, 5.74) is 8.74. The van der Waals surface area contributed by atoms with Crippen molar-refractivity contribution in [3.63, 3.8) is 0 Å². The van der Waals surface area contributed by atoms with Crippen molar-refractivity contribution in [2.24, 2.45) is 0 Å². The maximum absolute atomic E-state index is 6.19. The second kappa shape index (κ2) is 13.3. The largest absolute Gasteiger partial charge is 0.486 e. The summed E-state index contributed by atoms with van der Waals surface area (Å²) in [7, 11) is -1.34. The number of aryl methyl sites for hydroxylation is 1. The number of fused-ring (bicyclic) bond motifs is 4. The molecule has 0 aliphatic heterocycles. The van der Waals surface area contributed by atoms with E-state index in [9.17, 15) is 0 Å². The van der Waals surface area contributed by atoms with E-state index in [-0.39, 0.29) is 25.6 Å². The second-order valence-corrected chi connectivity index (χ2v) is 19.3. The number of furan rings is 1. The van der Waals surface area contributed by atoms with Crippen molar-refractivity contribution in [3.8, 4) is 22.6 Å². The Morgan fingerprint density at radius 2 is 1.60 bits per heavy atom. The van der Waals surface area contributed by atoms with E-state index >= 15 is 0 Å². The Kier molecular flexibility index (Phi) is 9.75. The normalized spacial score (nSPS) is 12.0. The van der Waals surface area contributed by atoms with Crippen molar-refractivity contribution >= 4 is 46.4 Å². The number of para-hydroxylation sites is 2. The van der Waals surface area contributed by atoms with Crippen LogP contribution < -0.4 is 5.19 Å². The molecule has 0 fully saturated rings. The number of hydrogen-bond acceptors (Lipinski definition) is 4. The first-order valence-electron chi connectivity index (χ1n) is 16.0. The van der Waals surface area contributed by atoms with Crippen LogP contribution in [0.5, 0.6) is 0 Å². The van der Waals surface area contributed by atoms with Crippen LogP contribution in [0.1, 0.15) is 51.8 Å². The number of imidazole rings is 1. The summed E-state index contributed by atoms with van der Waals surface area (Å²) in [4.78, 5) is 14.2. The minimum Gasteiger partial charge on any atom is -0.486 e. The Bertz CT molecular complexity index is 2170. The molecule has 7 rings (SSSR count). The van der Waals surface area contributed by atoms with Gasteiger partial charge in [-0.25, -0.2) is 4.98 Å². The van der Waals surface area contributed by atoms with Gasteiger partial charge in [0.2, 0.25) is 5.71 Å². The fraction of sp³-hybridized carbons (Fsp3) is 0.275. The van der Waals surface area contributed by atoms with Crippen molar-refractivity contribution in [3.05, 3.63) is 108 Å². The summed E-state index contributed by atoms with van der Waals surface area (Å²) in [5, 5.41) is 3.53. The third-order valence-electron chi connectivity index (χ3n) is 8.24. The molecule has 4 heterocycles. The minimum atomic E-state index is -1.34. The van der Waals surface area contributed by atoms with Crippen molar-refractivity contribution in [1.29, 1.82) is 0 Å². The zero-order valence-corrected chi connectivity index (χ0v) is 32.1. The van der Waals surface area contributed by atoms with Crippen LogP contribution in [0, 0.1) is 19.1 Å². The van der Waals surface area contributed by atoms with Crippen molar-refractivity contribution in [1.82, 2.24) is 19.5 Å². The van der Waals surface area contributed by atoms with Crippen LogP contribution in [-0.2, 0) is 25.6 Å². The van der Waals surface area contributed by atoms with Crippen molar-refractivity contribution in [2.75, 3.05) is 0 Å². The number of nitrogens with zero attached hydrogens (tertiary/aromatic N) is 4. The van der Waals surface area contributed by atoms with Crippen LogP contribution in [0.25, 0.3) is 55.7 Å². The smallest absolute Gasteiger partial charge is 0.216 e. The van der Waals surface area contributed by atoms with E-state index in [0.29, 0.717) is 11.6 Å². The molecule has 0 N–H and O–H groups in total. The first-order chi connectivity index (χ1) is 21.8. The molecular formula is C40H42IrN4OSi-2.